The molecule has 2 heterocycles. The molecule has 4 rings (SSSR count). The molecule has 0 aliphatic carbocycles. The summed E-state index contributed by atoms with van der Waals surface area (Å²) in [5.74, 6) is -0.430. The molecule has 2 amide bonds. The third kappa shape index (κ3) is 2.78. The van der Waals surface area contributed by atoms with Crippen LogP contribution < -0.4 is 5.73 Å². The molecule has 0 atom stereocenters. The van der Waals surface area contributed by atoms with Crippen molar-refractivity contribution in [1.29, 1.82) is 0 Å². The first-order chi connectivity index (χ1) is 12.1. The monoisotopic (exact) mass is 333 g/mol. The fourth-order valence-electron chi connectivity index (χ4n) is 3.53. The highest BCUT2D eigenvalue weighted by Crippen LogP contribution is 2.22. The van der Waals surface area contributed by atoms with Crippen molar-refractivity contribution in [2.24, 2.45) is 5.73 Å². The van der Waals surface area contributed by atoms with Crippen LogP contribution in [-0.4, -0.2) is 27.8 Å². The number of nitrogens with two attached hydrogens (primary N) is 1. The zero-order chi connectivity index (χ0) is 17.4. The molecule has 0 spiro atoms. The van der Waals surface area contributed by atoms with E-state index in [1.54, 1.807) is 6.20 Å². The quantitative estimate of drug-likeness (QED) is 0.799. The summed E-state index contributed by atoms with van der Waals surface area (Å²) in [5, 5.41) is 0.784. The predicted octanol–water partition coefficient (Wildman–Crippen LogP) is 2.33. The lowest BCUT2D eigenvalue weighted by molar-refractivity contribution is -0.132. The van der Waals surface area contributed by atoms with Crippen molar-refractivity contribution in [2.45, 2.75) is 19.5 Å². The maximum atomic E-state index is 12.8. The van der Waals surface area contributed by atoms with Gasteiger partial charge < -0.3 is 15.2 Å². The van der Waals surface area contributed by atoms with E-state index in [1.165, 1.54) is 11.1 Å². The Kier molecular flexibility index (Phi) is 3.76. The van der Waals surface area contributed by atoms with Gasteiger partial charge in [0.25, 0.3) is 5.91 Å². The van der Waals surface area contributed by atoms with Gasteiger partial charge in [-0.3, -0.25) is 9.59 Å². The van der Waals surface area contributed by atoms with Crippen LogP contribution in [0.1, 0.15) is 21.5 Å². The van der Waals surface area contributed by atoms with Crippen LogP contribution in [-0.2, 0) is 24.3 Å². The highest BCUT2D eigenvalue weighted by atomic mass is 16.2. The minimum absolute atomic E-state index is 0.0475. The highest BCUT2D eigenvalue weighted by Gasteiger charge is 2.21. The standard InChI is InChI=1S/C20H19N3O2/c21-20(25)17-12-23(18-8-4-3-7-16(17)18)13-19(24)22-10-9-14-5-1-2-6-15(14)11-22/h1-8,12H,9-11,13H2,(H2,21,25). The smallest absolute Gasteiger partial charge is 0.250 e. The van der Waals surface area contributed by atoms with Crippen molar-refractivity contribution in [1.82, 2.24) is 9.47 Å². The summed E-state index contributed by atoms with van der Waals surface area (Å²) in [6, 6.07) is 15.8. The van der Waals surface area contributed by atoms with Crippen LogP contribution >= 0.6 is 0 Å². The largest absolute Gasteiger partial charge is 0.366 e. The molecule has 0 bridgehead atoms. The Hall–Kier alpha value is -3.08. The summed E-state index contributed by atoms with van der Waals surface area (Å²) in [4.78, 5) is 26.3. The van der Waals surface area contributed by atoms with Crippen molar-refractivity contribution in [2.75, 3.05) is 6.54 Å². The molecule has 126 valence electrons. The summed E-state index contributed by atoms with van der Waals surface area (Å²) in [5.41, 5.74) is 9.29. The van der Waals surface area contributed by atoms with Gasteiger partial charge in [-0.2, -0.15) is 0 Å². The molecule has 1 aliphatic rings. The molecule has 0 fully saturated rings. The van der Waals surface area contributed by atoms with Gasteiger partial charge in [-0.05, 0) is 23.6 Å². The molecule has 0 saturated heterocycles. The van der Waals surface area contributed by atoms with Crippen LogP contribution in [0.25, 0.3) is 10.9 Å². The molecule has 5 nitrogen and oxygen atoms in total. The number of rotatable bonds is 3. The number of nitrogens with zero attached hydrogens (tertiary/aromatic N) is 2. The maximum Gasteiger partial charge on any atom is 0.250 e. The van der Waals surface area contributed by atoms with E-state index in [2.05, 4.69) is 12.1 Å². The second-order valence-electron chi connectivity index (χ2n) is 6.39. The molecule has 1 aromatic heterocycles. The van der Waals surface area contributed by atoms with Crippen LogP contribution in [0.2, 0.25) is 0 Å². The summed E-state index contributed by atoms with van der Waals surface area (Å²) in [7, 11) is 0. The number of benzene rings is 2. The molecular formula is C20H19N3O2. The Morgan fingerprint density at radius 3 is 2.52 bits per heavy atom. The second-order valence-corrected chi connectivity index (χ2v) is 6.39. The number of carbonyl (C=O) groups is 2. The van der Waals surface area contributed by atoms with Crippen molar-refractivity contribution in [3.63, 3.8) is 0 Å². The van der Waals surface area contributed by atoms with Crippen molar-refractivity contribution < 1.29 is 9.59 Å². The van der Waals surface area contributed by atoms with E-state index in [0.29, 0.717) is 12.1 Å². The average Bonchev–Trinajstić information content (AvgIpc) is 3.00. The fraction of sp³-hybridized carbons (Fsp3) is 0.200. The van der Waals surface area contributed by atoms with Gasteiger partial charge in [-0.15, -0.1) is 0 Å². The maximum absolute atomic E-state index is 12.8. The SMILES string of the molecule is NC(=O)c1cn(CC(=O)N2CCc3ccccc3C2)c2ccccc12. The minimum Gasteiger partial charge on any atom is -0.366 e. The zero-order valence-corrected chi connectivity index (χ0v) is 13.8. The first kappa shape index (κ1) is 15.4. The fourth-order valence-corrected chi connectivity index (χ4v) is 3.53. The second kappa shape index (κ2) is 6.09. The van der Waals surface area contributed by atoms with Gasteiger partial charge in [0.15, 0.2) is 0 Å². The van der Waals surface area contributed by atoms with E-state index < -0.39 is 5.91 Å². The molecule has 25 heavy (non-hydrogen) atoms. The first-order valence-corrected chi connectivity index (χ1v) is 8.36. The number of aromatic nitrogens is 1. The predicted molar refractivity (Wildman–Crippen MR) is 96.0 cm³/mol. The van der Waals surface area contributed by atoms with Gasteiger partial charge >= 0.3 is 0 Å². The lowest BCUT2D eigenvalue weighted by Crippen LogP contribution is -2.37. The Labute approximate surface area is 145 Å². The Morgan fingerprint density at radius 2 is 1.72 bits per heavy atom. The van der Waals surface area contributed by atoms with Gasteiger partial charge in [0.2, 0.25) is 5.91 Å². The van der Waals surface area contributed by atoms with Crippen molar-refractivity contribution in [3.05, 3.63) is 71.4 Å². The molecule has 0 unspecified atom stereocenters. The van der Waals surface area contributed by atoms with Crippen LogP contribution in [0, 0.1) is 0 Å². The number of hydrogen-bond donors (Lipinski definition) is 1. The third-order valence-electron chi connectivity index (χ3n) is 4.84. The molecule has 0 saturated carbocycles. The third-order valence-corrected chi connectivity index (χ3v) is 4.84. The molecule has 1 aliphatic heterocycles. The van der Waals surface area contributed by atoms with Gasteiger partial charge in [0.1, 0.15) is 6.54 Å². The van der Waals surface area contributed by atoms with Crippen molar-refractivity contribution >= 4 is 22.7 Å². The molecule has 2 N–H and O–H groups in total. The number of fused-ring (bicyclic) bond motifs is 2. The molecule has 2 aromatic carbocycles. The highest BCUT2D eigenvalue weighted by molar-refractivity contribution is 6.06. The van der Waals surface area contributed by atoms with E-state index in [9.17, 15) is 9.59 Å². The lowest BCUT2D eigenvalue weighted by atomic mass is 10.00. The number of para-hydroxylation sites is 1. The molecule has 3 aromatic rings. The molecule has 5 heteroatoms. The number of hydrogen-bond acceptors (Lipinski definition) is 2. The van der Waals surface area contributed by atoms with Crippen molar-refractivity contribution in [3.8, 4) is 0 Å². The summed E-state index contributed by atoms with van der Waals surface area (Å²) >= 11 is 0. The Bertz CT molecular complexity index is 974. The Morgan fingerprint density at radius 1 is 1.00 bits per heavy atom. The average molecular weight is 333 g/mol. The normalized spacial score (nSPS) is 13.7. The Balaban J connectivity index is 1.60. The topological polar surface area (TPSA) is 68.3 Å². The molecule has 0 radical (unpaired) electrons. The van der Waals surface area contributed by atoms with E-state index in [-0.39, 0.29) is 12.5 Å². The van der Waals surface area contributed by atoms with Crippen LogP contribution in [0.3, 0.4) is 0 Å². The van der Waals surface area contributed by atoms with Gasteiger partial charge in [-0.25, -0.2) is 0 Å². The number of amides is 2. The van der Waals surface area contributed by atoms with Gasteiger partial charge in [0.05, 0.1) is 5.56 Å². The van der Waals surface area contributed by atoms with Crippen LogP contribution in [0.4, 0.5) is 0 Å². The van der Waals surface area contributed by atoms with E-state index >= 15 is 0 Å². The summed E-state index contributed by atoms with van der Waals surface area (Å²) in [6.45, 7) is 1.56. The zero-order valence-electron chi connectivity index (χ0n) is 13.8. The van der Waals surface area contributed by atoms with E-state index in [4.69, 9.17) is 5.73 Å². The van der Waals surface area contributed by atoms with Crippen LogP contribution in [0.5, 0.6) is 0 Å². The lowest BCUT2D eigenvalue weighted by Gasteiger charge is -2.29. The van der Waals surface area contributed by atoms with E-state index in [0.717, 1.165) is 23.9 Å². The molecular weight excluding hydrogens is 314 g/mol. The van der Waals surface area contributed by atoms with Crippen LogP contribution in [0.15, 0.2) is 54.7 Å². The number of carbonyl (C=O) groups excluding carboxylic acids is 2. The van der Waals surface area contributed by atoms with Gasteiger partial charge in [0, 0.05) is 30.2 Å². The first-order valence-electron chi connectivity index (χ1n) is 8.36. The summed E-state index contributed by atoms with van der Waals surface area (Å²) < 4.78 is 1.82. The minimum atomic E-state index is -0.478. The summed E-state index contributed by atoms with van der Waals surface area (Å²) in [6.07, 6.45) is 2.56. The number of primary amides is 1. The van der Waals surface area contributed by atoms with Gasteiger partial charge in [-0.1, -0.05) is 42.5 Å². The van der Waals surface area contributed by atoms with E-state index in [1.807, 2.05) is 45.9 Å².